The maximum absolute atomic E-state index is 6.08. The van der Waals surface area contributed by atoms with Gasteiger partial charge >= 0.3 is 0 Å². The molecule has 2 aromatic heterocycles. The van der Waals surface area contributed by atoms with E-state index >= 15 is 0 Å². The minimum atomic E-state index is 0.389. The van der Waals surface area contributed by atoms with Crippen molar-refractivity contribution in [3.63, 3.8) is 0 Å². The van der Waals surface area contributed by atoms with Gasteiger partial charge in [-0.15, -0.1) is 14.8 Å². The van der Waals surface area contributed by atoms with Crippen LogP contribution in [0.1, 0.15) is 18.4 Å². The Morgan fingerprint density at radius 3 is 2.60 bits per heavy atom. The van der Waals surface area contributed by atoms with Crippen LogP contribution < -0.4 is 5.32 Å². The molecule has 1 saturated heterocycles. The number of hydrogen-bond donors (Lipinski definition) is 1. The van der Waals surface area contributed by atoms with Crippen molar-refractivity contribution in [3.05, 3.63) is 45.9 Å². The van der Waals surface area contributed by atoms with E-state index in [2.05, 4.69) is 30.8 Å². The zero-order chi connectivity index (χ0) is 17.2. The Morgan fingerprint density at radius 1 is 1.08 bits per heavy atom. The molecule has 0 radical (unpaired) electrons. The van der Waals surface area contributed by atoms with Gasteiger partial charge in [-0.1, -0.05) is 23.2 Å². The lowest BCUT2D eigenvalue weighted by molar-refractivity contribution is 0.211. The number of anilines is 1. The molecular weight excluding hydrogens is 361 g/mol. The zero-order valence-corrected chi connectivity index (χ0v) is 15.0. The SMILES string of the molecule is Clc1cc(Cl)cc(CN2CCC(Nc3ccc4nnnn4n3)CC2)c1. The monoisotopic (exact) mass is 377 g/mol. The van der Waals surface area contributed by atoms with Gasteiger partial charge in [0.1, 0.15) is 5.82 Å². The zero-order valence-electron chi connectivity index (χ0n) is 13.4. The number of hydrogen-bond acceptors (Lipinski definition) is 6. The van der Waals surface area contributed by atoms with Crippen molar-refractivity contribution >= 4 is 34.7 Å². The van der Waals surface area contributed by atoms with Crippen molar-refractivity contribution in [1.29, 1.82) is 0 Å². The predicted molar refractivity (Wildman–Crippen MR) is 97.0 cm³/mol. The number of tetrazole rings is 1. The molecule has 130 valence electrons. The summed E-state index contributed by atoms with van der Waals surface area (Å²) in [5.74, 6) is 0.792. The van der Waals surface area contributed by atoms with Crippen molar-refractivity contribution in [3.8, 4) is 0 Å². The third kappa shape index (κ3) is 4.00. The third-order valence-corrected chi connectivity index (χ3v) is 4.77. The number of halogens is 2. The predicted octanol–water partition coefficient (Wildman–Crippen LogP) is 2.90. The van der Waals surface area contributed by atoms with E-state index in [0.29, 0.717) is 21.7 Å². The van der Waals surface area contributed by atoms with E-state index in [1.54, 1.807) is 6.07 Å². The summed E-state index contributed by atoms with van der Waals surface area (Å²) >= 11 is 12.2. The van der Waals surface area contributed by atoms with Crippen LogP contribution in [-0.2, 0) is 6.54 Å². The van der Waals surface area contributed by atoms with Crippen LogP contribution in [0.3, 0.4) is 0 Å². The highest BCUT2D eigenvalue weighted by Crippen LogP contribution is 2.22. The van der Waals surface area contributed by atoms with Crippen molar-refractivity contribution in [1.82, 2.24) is 30.2 Å². The van der Waals surface area contributed by atoms with Crippen LogP contribution in [0, 0.1) is 0 Å². The van der Waals surface area contributed by atoms with Gasteiger partial charge in [-0.3, -0.25) is 4.90 Å². The fourth-order valence-corrected chi connectivity index (χ4v) is 3.70. The number of likely N-dealkylation sites (tertiary alicyclic amines) is 1. The second-order valence-corrected chi connectivity index (χ2v) is 7.09. The molecule has 0 atom stereocenters. The number of nitrogens with zero attached hydrogens (tertiary/aromatic N) is 6. The molecule has 0 aliphatic carbocycles. The number of aromatic nitrogens is 5. The number of nitrogens with one attached hydrogen (secondary N) is 1. The first kappa shape index (κ1) is 16.5. The Bertz CT molecular complexity index is 854. The summed E-state index contributed by atoms with van der Waals surface area (Å²) in [6.07, 6.45) is 2.09. The number of piperidine rings is 1. The topological polar surface area (TPSA) is 71.2 Å². The van der Waals surface area contributed by atoms with Crippen molar-refractivity contribution in [2.45, 2.75) is 25.4 Å². The standard InChI is InChI=1S/C16H17Cl2N7/c17-12-7-11(8-13(18)9-12)10-24-5-3-14(4-6-24)19-15-1-2-16-20-22-23-25(16)21-15/h1-2,7-9,14H,3-6,10H2,(H,19,21). The molecule has 0 amide bonds. The number of fused-ring (bicyclic) bond motifs is 1. The molecule has 0 unspecified atom stereocenters. The van der Waals surface area contributed by atoms with E-state index in [9.17, 15) is 0 Å². The van der Waals surface area contributed by atoms with Crippen molar-refractivity contribution in [2.75, 3.05) is 18.4 Å². The largest absolute Gasteiger partial charge is 0.366 e. The van der Waals surface area contributed by atoms with Gasteiger partial charge in [0.25, 0.3) is 0 Å². The second kappa shape index (κ2) is 7.11. The average molecular weight is 378 g/mol. The molecule has 1 fully saturated rings. The lowest BCUT2D eigenvalue weighted by atomic mass is 10.0. The quantitative estimate of drug-likeness (QED) is 0.753. The molecule has 0 bridgehead atoms. The maximum atomic E-state index is 6.08. The summed E-state index contributed by atoms with van der Waals surface area (Å²) in [6.45, 7) is 2.88. The summed E-state index contributed by atoms with van der Waals surface area (Å²) < 4.78 is 1.43. The van der Waals surface area contributed by atoms with E-state index in [1.165, 1.54) is 4.63 Å². The minimum absolute atomic E-state index is 0.389. The van der Waals surface area contributed by atoms with E-state index in [1.807, 2.05) is 24.3 Å². The van der Waals surface area contributed by atoms with Gasteiger partial charge in [0.2, 0.25) is 0 Å². The van der Waals surface area contributed by atoms with Crippen LogP contribution in [-0.4, -0.2) is 49.3 Å². The Balaban J connectivity index is 1.33. The van der Waals surface area contributed by atoms with E-state index < -0.39 is 0 Å². The first-order valence-corrected chi connectivity index (χ1v) is 8.90. The number of rotatable bonds is 4. The van der Waals surface area contributed by atoms with Crippen LogP contribution >= 0.6 is 23.2 Å². The Labute approximate surface area is 154 Å². The van der Waals surface area contributed by atoms with Gasteiger partial charge in [-0.25, -0.2) is 0 Å². The summed E-state index contributed by atoms with van der Waals surface area (Å²) in [6, 6.07) is 9.86. The van der Waals surface area contributed by atoms with Gasteiger partial charge in [0, 0.05) is 35.7 Å². The second-order valence-electron chi connectivity index (χ2n) is 6.22. The van der Waals surface area contributed by atoms with Crippen LogP contribution in [0.4, 0.5) is 5.82 Å². The molecule has 4 rings (SSSR count). The van der Waals surface area contributed by atoms with Gasteiger partial charge in [-0.2, -0.15) is 0 Å². The van der Waals surface area contributed by atoms with E-state index in [-0.39, 0.29) is 0 Å². The fraction of sp³-hybridized carbons (Fsp3) is 0.375. The van der Waals surface area contributed by atoms with Gasteiger partial charge in [0.15, 0.2) is 5.65 Å². The summed E-state index contributed by atoms with van der Waals surface area (Å²) in [5.41, 5.74) is 1.79. The highest BCUT2D eigenvalue weighted by Gasteiger charge is 2.20. The molecule has 1 aliphatic heterocycles. The highest BCUT2D eigenvalue weighted by atomic mass is 35.5. The molecule has 1 aromatic carbocycles. The Hall–Kier alpha value is -1.96. The number of benzene rings is 1. The maximum Gasteiger partial charge on any atom is 0.200 e. The van der Waals surface area contributed by atoms with E-state index in [0.717, 1.165) is 43.9 Å². The molecular formula is C16H17Cl2N7. The molecule has 3 heterocycles. The summed E-state index contributed by atoms with van der Waals surface area (Å²) in [4.78, 5) is 2.41. The van der Waals surface area contributed by atoms with Gasteiger partial charge in [-0.05, 0) is 59.2 Å². The lowest BCUT2D eigenvalue weighted by Gasteiger charge is -2.32. The minimum Gasteiger partial charge on any atom is -0.366 e. The van der Waals surface area contributed by atoms with Gasteiger partial charge < -0.3 is 5.32 Å². The first-order chi connectivity index (χ1) is 12.2. The molecule has 0 saturated carbocycles. The molecule has 25 heavy (non-hydrogen) atoms. The van der Waals surface area contributed by atoms with Crippen LogP contribution in [0.15, 0.2) is 30.3 Å². The smallest absolute Gasteiger partial charge is 0.200 e. The molecule has 1 N–H and O–H groups in total. The van der Waals surface area contributed by atoms with Crippen molar-refractivity contribution in [2.24, 2.45) is 0 Å². The fourth-order valence-electron chi connectivity index (χ4n) is 3.13. The van der Waals surface area contributed by atoms with Crippen LogP contribution in [0.25, 0.3) is 5.65 Å². The molecule has 3 aromatic rings. The van der Waals surface area contributed by atoms with Crippen LogP contribution in [0.2, 0.25) is 10.0 Å². The summed E-state index contributed by atoms with van der Waals surface area (Å²) in [5, 5.41) is 20.5. The highest BCUT2D eigenvalue weighted by molar-refractivity contribution is 6.34. The lowest BCUT2D eigenvalue weighted by Crippen LogP contribution is -2.38. The van der Waals surface area contributed by atoms with Crippen molar-refractivity contribution < 1.29 is 0 Å². The first-order valence-electron chi connectivity index (χ1n) is 8.15. The molecule has 1 aliphatic rings. The summed E-state index contributed by atoms with van der Waals surface area (Å²) in [7, 11) is 0. The molecule has 7 nitrogen and oxygen atoms in total. The van der Waals surface area contributed by atoms with Gasteiger partial charge in [0.05, 0.1) is 0 Å². The van der Waals surface area contributed by atoms with E-state index in [4.69, 9.17) is 23.2 Å². The molecule has 9 heteroatoms. The normalized spacial score (nSPS) is 16.4. The van der Waals surface area contributed by atoms with Crippen LogP contribution in [0.5, 0.6) is 0 Å². The Morgan fingerprint density at radius 2 is 1.84 bits per heavy atom. The molecule has 0 spiro atoms. The third-order valence-electron chi connectivity index (χ3n) is 4.34. The Kier molecular flexibility index (Phi) is 4.70. The average Bonchev–Trinajstić information content (AvgIpc) is 3.03.